The average Bonchev–Trinajstić information content (AvgIpc) is 2.48. The Balaban J connectivity index is 3.31. The highest BCUT2D eigenvalue weighted by molar-refractivity contribution is 5.91. The first-order chi connectivity index (χ1) is 9.79. The van der Waals surface area contributed by atoms with E-state index in [1.54, 1.807) is 6.92 Å². The van der Waals surface area contributed by atoms with E-state index >= 15 is 0 Å². The summed E-state index contributed by atoms with van der Waals surface area (Å²) in [7, 11) is 0. The monoisotopic (exact) mass is 291 g/mol. The van der Waals surface area contributed by atoms with Crippen molar-refractivity contribution in [3.8, 4) is 5.75 Å². The van der Waals surface area contributed by atoms with E-state index in [1.165, 1.54) is 13.0 Å². The lowest BCUT2D eigenvalue weighted by atomic mass is 10.0. The summed E-state index contributed by atoms with van der Waals surface area (Å²) in [6.07, 6.45) is 0. The Kier molecular flexibility index (Phi) is 3.26. The van der Waals surface area contributed by atoms with Gasteiger partial charge >= 0.3 is 0 Å². The van der Waals surface area contributed by atoms with Gasteiger partial charge in [0, 0.05) is 5.56 Å². The van der Waals surface area contributed by atoms with Gasteiger partial charge in [0.2, 0.25) is 11.1 Å². The van der Waals surface area contributed by atoms with Gasteiger partial charge in [-0.15, -0.1) is 4.91 Å². The average molecular weight is 291 g/mol. The van der Waals surface area contributed by atoms with Crippen LogP contribution < -0.4 is 11.0 Å². The van der Waals surface area contributed by atoms with E-state index in [0.29, 0.717) is 5.56 Å². The molecular weight excluding hydrogens is 282 g/mol. The minimum absolute atomic E-state index is 0.148. The summed E-state index contributed by atoms with van der Waals surface area (Å²) >= 11 is 0. The minimum atomic E-state index is -1.22. The van der Waals surface area contributed by atoms with Crippen LogP contribution in [0.4, 0.5) is 11.4 Å². The molecule has 108 valence electrons. The zero-order valence-corrected chi connectivity index (χ0v) is 11.0. The van der Waals surface area contributed by atoms with E-state index in [-0.39, 0.29) is 11.1 Å². The molecule has 0 bridgehead atoms. The lowest BCUT2D eigenvalue weighted by Crippen LogP contribution is -2.04. The second kappa shape index (κ2) is 4.78. The number of nitro benzene ring substituents is 1. The molecule has 9 heteroatoms. The Morgan fingerprint density at radius 3 is 2.48 bits per heavy atom. The number of aromatic hydroxyl groups is 1. The fraction of sp³-hybridized carbons (Fsp3) is 0.167. The number of H-pyrrole nitrogens is 1. The summed E-state index contributed by atoms with van der Waals surface area (Å²) in [5, 5.41) is 22.7. The zero-order valence-electron chi connectivity index (χ0n) is 11.0. The molecule has 1 aromatic carbocycles. The third-order valence-corrected chi connectivity index (χ3v) is 3.22. The highest BCUT2D eigenvalue weighted by Gasteiger charge is 2.24. The molecule has 0 spiro atoms. The molecule has 0 radical (unpaired) electrons. The Morgan fingerprint density at radius 1 is 1.33 bits per heavy atom. The molecule has 9 nitrogen and oxygen atoms in total. The van der Waals surface area contributed by atoms with Gasteiger partial charge in [-0.2, -0.15) is 0 Å². The standard InChI is InChI=1S/C12H9N3O6/c1-4-3-6-7(9(5(4)2)15(20)21)10(16)11(17)8(14-19)12(18)13-6/h3H,1-2H3,(H,13,18)(H,16,17). The third-order valence-electron chi connectivity index (χ3n) is 3.22. The van der Waals surface area contributed by atoms with Crippen LogP contribution in [0.25, 0.3) is 10.9 Å². The molecule has 0 saturated heterocycles. The molecule has 2 N–H and O–H groups in total. The summed E-state index contributed by atoms with van der Waals surface area (Å²) in [4.78, 5) is 47.0. The van der Waals surface area contributed by atoms with Gasteiger partial charge in [0.25, 0.3) is 11.2 Å². The number of nitroso groups, excluding NO2 is 1. The van der Waals surface area contributed by atoms with Crippen LogP contribution in [0.15, 0.2) is 20.8 Å². The summed E-state index contributed by atoms with van der Waals surface area (Å²) in [6.45, 7) is 3.00. The molecule has 0 atom stereocenters. The van der Waals surface area contributed by atoms with Crippen molar-refractivity contribution in [3.05, 3.63) is 52.8 Å². The molecule has 0 fully saturated rings. The number of nitrogens with one attached hydrogen (secondary N) is 1. The maximum Gasteiger partial charge on any atom is 0.285 e. The van der Waals surface area contributed by atoms with Crippen molar-refractivity contribution >= 4 is 22.3 Å². The lowest BCUT2D eigenvalue weighted by molar-refractivity contribution is -0.383. The first-order valence-corrected chi connectivity index (χ1v) is 5.70. The van der Waals surface area contributed by atoms with E-state index in [0.717, 1.165) is 0 Å². The molecule has 0 aliphatic heterocycles. The Hall–Kier alpha value is -3.10. The van der Waals surface area contributed by atoms with Crippen LogP contribution in [0.1, 0.15) is 11.1 Å². The van der Waals surface area contributed by atoms with Crippen LogP contribution in [0, 0.1) is 28.9 Å². The summed E-state index contributed by atoms with van der Waals surface area (Å²) in [5.41, 5.74) is -3.31. The van der Waals surface area contributed by atoms with Gasteiger partial charge in [-0.05, 0) is 30.7 Å². The maximum atomic E-state index is 12.1. The largest absolute Gasteiger partial charge is 0.502 e. The van der Waals surface area contributed by atoms with Gasteiger partial charge in [-0.3, -0.25) is 19.7 Å². The number of nitrogens with zero attached hydrogens (tertiary/aromatic N) is 2. The minimum Gasteiger partial charge on any atom is -0.502 e. The predicted octanol–water partition coefficient (Wildman–Crippen LogP) is 1.52. The highest BCUT2D eigenvalue weighted by atomic mass is 16.6. The zero-order chi connectivity index (χ0) is 15.9. The van der Waals surface area contributed by atoms with E-state index in [9.17, 15) is 29.7 Å². The maximum absolute atomic E-state index is 12.1. The first-order valence-electron chi connectivity index (χ1n) is 5.70. The van der Waals surface area contributed by atoms with Crippen LogP contribution in [-0.4, -0.2) is 15.0 Å². The fourth-order valence-corrected chi connectivity index (χ4v) is 2.06. The van der Waals surface area contributed by atoms with Crippen LogP contribution in [0.3, 0.4) is 0 Å². The van der Waals surface area contributed by atoms with Crippen molar-refractivity contribution in [2.45, 2.75) is 13.8 Å². The van der Waals surface area contributed by atoms with Gasteiger partial charge in [0.05, 0.1) is 10.4 Å². The quantitative estimate of drug-likeness (QED) is 0.487. The molecule has 0 aliphatic rings. The highest BCUT2D eigenvalue weighted by Crippen LogP contribution is 2.30. The van der Waals surface area contributed by atoms with Crippen LogP contribution in [-0.2, 0) is 0 Å². The smallest absolute Gasteiger partial charge is 0.285 e. The molecule has 0 aliphatic carbocycles. The molecule has 0 unspecified atom stereocenters. The van der Waals surface area contributed by atoms with Crippen LogP contribution in [0.2, 0.25) is 0 Å². The molecular formula is C12H9N3O6. The fourth-order valence-electron chi connectivity index (χ4n) is 2.06. The topological polar surface area (TPSA) is 143 Å². The molecule has 2 rings (SSSR count). The van der Waals surface area contributed by atoms with Crippen molar-refractivity contribution in [3.63, 3.8) is 0 Å². The lowest BCUT2D eigenvalue weighted by Gasteiger charge is -2.03. The Morgan fingerprint density at radius 2 is 1.95 bits per heavy atom. The van der Waals surface area contributed by atoms with E-state index in [4.69, 9.17) is 0 Å². The number of aryl methyl sites for hydroxylation is 1. The van der Waals surface area contributed by atoms with Crippen molar-refractivity contribution < 1.29 is 10.0 Å². The number of rotatable bonds is 2. The van der Waals surface area contributed by atoms with Gasteiger partial charge in [0.15, 0.2) is 5.75 Å². The second-order valence-electron chi connectivity index (χ2n) is 4.42. The molecule has 2 aromatic rings. The van der Waals surface area contributed by atoms with Crippen molar-refractivity contribution in [2.75, 3.05) is 0 Å². The third kappa shape index (κ3) is 2.04. The Bertz CT molecular complexity index is 916. The normalized spacial score (nSPS) is 10.6. The van der Waals surface area contributed by atoms with E-state index in [2.05, 4.69) is 10.2 Å². The SMILES string of the molecule is Cc1cc2[nH]c(=O)c(N=O)c(O)c(=O)c2c([N+](=O)[O-])c1C. The van der Waals surface area contributed by atoms with Crippen LogP contribution >= 0.6 is 0 Å². The Labute approximate surface area is 116 Å². The van der Waals surface area contributed by atoms with Crippen molar-refractivity contribution in [2.24, 2.45) is 5.18 Å². The van der Waals surface area contributed by atoms with Crippen molar-refractivity contribution in [1.29, 1.82) is 0 Å². The predicted molar refractivity (Wildman–Crippen MR) is 74.1 cm³/mol. The summed E-state index contributed by atoms with van der Waals surface area (Å²) in [5.74, 6) is -1.22. The molecule has 21 heavy (non-hydrogen) atoms. The van der Waals surface area contributed by atoms with E-state index < -0.39 is 38.4 Å². The number of aromatic nitrogens is 1. The first kappa shape index (κ1) is 14.3. The number of benzene rings is 1. The number of hydrogen-bond acceptors (Lipinski definition) is 7. The van der Waals surface area contributed by atoms with Gasteiger partial charge < -0.3 is 10.1 Å². The van der Waals surface area contributed by atoms with Crippen molar-refractivity contribution in [1.82, 2.24) is 4.98 Å². The van der Waals surface area contributed by atoms with Gasteiger partial charge in [0.1, 0.15) is 5.39 Å². The second-order valence-corrected chi connectivity index (χ2v) is 4.42. The van der Waals surface area contributed by atoms with Gasteiger partial charge in [-0.1, -0.05) is 0 Å². The summed E-state index contributed by atoms with van der Waals surface area (Å²) in [6, 6.07) is 1.36. The van der Waals surface area contributed by atoms with E-state index in [1.807, 2.05) is 0 Å². The molecule has 1 aromatic heterocycles. The number of fused-ring (bicyclic) bond motifs is 1. The van der Waals surface area contributed by atoms with Crippen LogP contribution in [0.5, 0.6) is 5.75 Å². The summed E-state index contributed by atoms with van der Waals surface area (Å²) < 4.78 is 0. The number of aromatic amines is 1. The molecule has 0 amide bonds. The molecule has 0 saturated carbocycles. The van der Waals surface area contributed by atoms with Gasteiger partial charge in [-0.25, -0.2) is 0 Å². The molecule has 1 heterocycles. The number of hydrogen-bond donors (Lipinski definition) is 2. The number of nitro groups is 1.